The third-order valence-corrected chi connectivity index (χ3v) is 3.93. The predicted molar refractivity (Wildman–Crippen MR) is 95.8 cm³/mol. The summed E-state index contributed by atoms with van der Waals surface area (Å²) in [7, 11) is 0. The van der Waals surface area contributed by atoms with Gasteiger partial charge in [0.15, 0.2) is 0 Å². The van der Waals surface area contributed by atoms with E-state index in [0.29, 0.717) is 0 Å². The summed E-state index contributed by atoms with van der Waals surface area (Å²) in [6.07, 6.45) is -7.45. The molecule has 10 heteroatoms. The van der Waals surface area contributed by atoms with E-state index in [4.69, 9.17) is 0 Å². The number of ether oxygens (including phenoxy) is 1. The standard InChI is InChI=1S/C20H12F6N2O2/c21-19(22,23)17-11-27-10-9-16(17)12-1-3-13(4-2-12)18(29)28-14-5-7-15(8-6-14)30-20(24,25)26/h1-11H,(H,28,29). The van der Waals surface area contributed by atoms with Crippen molar-refractivity contribution in [1.29, 1.82) is 0 Å². The second-order valence-corrected chi connectivity index (χ2v) is 6.02. The smallest absolute Gasteiger partial charge is 0.406 e. The number of carbonyl (C=O) groups excluding carboxylic acids is 1. The first-order valence-electron chi connectivity index (χ1n) is 8.32. The minimum absolute atomic E-state index is 0.0790. The number of alkyl halides is 6. The SMILES string of the molecule is O=C(Nc1ccc(OC(F)(F)F)cc1)c1ccc(-c2ccncc2C(F)(F)F)cc1. The van der Waals surface area contributed by atoms with E-state index in [0.717, 1.165) is 18.3 Å². The highest BCUT2D eigenvalue weighted by Crippen LogP contribution is 2.36. The third kappa shape index (κ3) is 5.28. The lowest BCUT2D eigenvalue weighted by Gasteiger charge is -2.13. The van der Waals surface area contributed by atoms with Crippen molar-refractivity contribution in [3.63, 3.8) is 0 Å². The number of nitrogens with zero attached hydrogens (tertiary/aromatic N) is 1. The van der Waals surface area contributed by atoms with Crippen molar-refractivity contribution >= 4 is 11.6 Å². The van der Waals surface area contributed by atoms with Crippen LogP contribution in [0.1, 0.15) is 15.9 Å². The Hall–Kier alpha value is -3.56. The quantitative estimate of drug-likeness (QED) is 0.527. The molecule has 0 fully saturated rings. The molecule has 1 amide bonds. The molecule has 1 heterocycles. The van der Waals surface area contributed by atoms with E-state index in [9.17, 15) is 31.1 Å². The average Bonchev–Trinajstić information content (AvgIpc) is 2.68. The van der Waals surface area contributed by atoms with Gasteiger partial charge in [0, 0.05) is 23.6 Å². The van der Waals surface area contributed by atoms with Crippen LogP contribution in [0.15, 0.2) is 67.0 Å². The second-order valence-electron chi connectivity index (χ2n) is 6.02. The fourth-order valence-electron chi connectivity index (χ4n) is 2.62. The molecule has 0 aliphatic carbocycles. The molecule has 0 radical (unpaired) electrons. The van der Waals surface area contributed by atoms with Crippen LogP contribution in [-0.2, 0) is 6.18 Å². The van der Waals surface area contributed by atoms with Crippen molar-refractivity contribution in [2.45, 2.75) is 12.5 Å². The van der Waals surface area contributed by atoms with Crippen molar-refractivity contribution < 1.29 is 35.9 Å². The average molecular weight is 426 g/mol. The molecule has 30 heavy (non-hydrogen) atoms. The van der Waals surface area contributed by atoms with E-state index in [1.807, 2.05) is 0 Å². The Labute approximate surface area is 166 Å². The van der Waals surface area contributed by atoms with Gasteiger partial charge in [0.2, 0.25) is 0 Å². The molecule has 0 bridgehead atoms. The van der Waals surface area contributed by atoms with Gasteiger partial charge in [-0.3, -0.25) is 9.78 Å². The van der Waals surface area contributed by atoms with Gasteiger partial charge < -0.3 is 10.1 Å². The van der Waals surface area contributed by atoms with Crippen molar-refractivity contribution in [2.24, 2.45) is 0 Å². The molecule has 0 spiro atoms. The van der Waals surface area contributed by atoms with Crippen LogP contribution < -0.4 is 10.1 Å². The van der Waals surface area contributed by atoms with Crippen LogP contribution in [0.5, 0.6) is 5.75 Å². The van der Waals surface area contributed by atoms with E-state index >= 15 is 0 Å². The summed E-state index contributed by atoms with van der Waals surface area (Å²) < 4.78 is 79.6. The molecule has 3 aromatic rings. The Kier molecular flexibility index (Phi) is 5.68. The first kappa shape index (κ1) is 21.2. The maximum Gasteiger partial charge on any atom is 0.573 e. The van der Waals surface area contributed by atoms with Crippen molar-refractivity contribution in [2.75, 3.05) is 5.32 Å². The number of benzene rings is 2. The number of pyridine rings is 1. The Morgan fingerprint density at radius 1 is 0.867 bits per heavy atom. The summed E-state index contributed by atoms with van der Waals surface area (Å²) in [5.41, 5.74) is -0.368. The number of anilines is 1. The van der Waals surface area contributed by atoms with Crippen LogP contribution in [0, 0.1) is 0 Å². The largest absolute Gasteiger partial charge is 0.573 e. The highest BCUT2D eigenvalue weighted by Gasteiger charge is 2.34. The van der Waals surface area contributed by atoms with Crippen LogP contribution >= 0.6 is 0 Å². The molecule has 0 saturated heterocycles. The first-order valence-corrected chi connectivity index (χ1v) is 8.32. The molecule has 0 atom stereocenters. The molecule has 156 valence electrons. The normalized spacial score (nSPS) is 11.8. The molecule has 3 rings (SSSR count). The Balaban J connectivity index is 1.74. The lowest BCUT2D eigenvalue weighted by molar-refractivity contribution is -0.274. The van der Waals surface area contributed by atoms with E-state index in [1.165, 1.54) is 48.7 Å². The predicted octanol–water partition coefficient (Wildman–Crippen LogP) is 5.92. The van der Waals surface area contributed by atoms with E-state index < -0.39 is 29.8 Å². The zero-order chi connectivity index (χ0) is 21.9. The summed E-state index contributed by atoms with van der Waals surface area (Å²) in [5, 5.41) is 2.48. The zero-order valence-electron chi connectivity index (χ0n) is 14.9. The molecule has 2 aromatic carbocycles. The lowest BCUT2D eigenvalue weighted by atomic mass is 10.00. The number of halogens is 6. The summed E-state index contributed by atoms with van der Waals surface area (Å²) in [6.45, 7) is 0. The molecule has 1 N–H and O–H groups in total. The van der Waals surface area contributed by atoms with Gasteiger partial charge in [-0.1, -0.05) is 12.1 Å². The fraction of sp³-hybridized carbons (Fsp3) is 0.100. The number of aromatic nitrogens is 1. The minimum Gasteiger partial charge on any atom is -0.406 e. The zero-order valence-corrected chi connectivity index (χ0v) is 14.9. The molecule has 0 saturated carbocycles. The van der Waals surface area contributed by atoms with Gasteiger partial charge in [-0.25, -0.2) is 0 Å². The van der Waals surface area contributed by atoms with E-state index in [2.05, 4.69) is 15.0 Å². The molecule has 0 unspecified atom stereocenters. The van der Waals surface area contributed by atoms with Gasteiger partial charge in [-0.2, -0.15) is 13.2 Å². The summed E-state index contributed by atoms with van der Waals surface area (Å²) >= 11 is 0. The Morgan fingerprint density at radius 2 is 1.50 bits per heavy atom. The van der Waals surface area contributed by atoms with Crippen LogP contribution in [0.2, 0.25) is 0 Å². The minimum atomic E-state index is -4.83. The number of rotatable bonds is 4. The monoisotopic (exact) mass is 426 g/mol. The molecular weight excluding hydrogens is 414 g/mol. The topological polar surface area (TPSA) is 51.2 Å². The summed E-state index contributed by atoms with van der Waals surface area (Å²) in [4.78, 5) is 15.8. The molecule has 4 nitrogen and oxygen atoms in total. The van der Waals surface area contributed by atoms with E-state index in [-0.39, 0.29) is 22.4 Å². The van der Waals surface area contributed by atoms with Gasteiger partial charge in [0.1, 0.15) is 5.75 Å². The van der Waals surface area contributed by atoms with Crippen LogP contribution in [-0.4, -0.2) is 17.3 Å². The molecular formula is C20H12F6N2O2. The number of carbonyl (C=O) groups is 1. The van der Waals surface area contributed by atoms with Crippen molar-refractivity contribution in [1.82, 2.24) is 4.98 Å². The van der Waals surface area contributed by atoms with Crippen LogP contribution in [0.3, 0.4) is 0 Å². The third-order valence-electron chi connectivity index (χ3n) is 3.93. The Bertz CT molecular complexity index is 1030. The fourth-order valence-corrected chi connectivity index (χ4v) is 2.62. The van der Waals surface area contributed by atoms with Gasteiger partial charge in [-0.05, 0) is 53.6 Å². The van der Waals surface area contributed by atoms with Gasteiger partial charge in [-0.15, -0.1) is 13.2 Å². The number of amides is 1. The second kappa shape index (κ2) is 8.05. The number of hydrogen-bond donors (Lipinski definition) is 1. The Morgan fingerprint density at radius 3 is 2.07 bits per heavy atom. The maximum absolute atomic E-state index is 13.1. The van der Waals surface area contributed by atoms with Gasteiger partial charge in [0.25, 0.3) is 5.91 Å². The molecule has 0 aliphatic rings. The van der Waals surface area contributed by atoms with Gasteiger partial charge in [0.05, 0.1) is 5.56 Å². The number of nitrogens with one attached hydrogen (secondary N) is 1. The summed E-state index contributed by atoms with van der Waals surface area (Å²) in [6, 6.07) is 11.1. The van der Waals surface area contributed by atoms with Crippen molar-refractivity contribution in [3.8, 4) is 16.9 Å². The van der Waals surface area contributed by atoms with Crippen LogP contribution in [0.4, 0.5) is 32.0 Å². The van der Waals surface area contributed by atoms with Gasteiger partial charge >= 0.3 is 12.5 Å². The molecule has 0 aliphatic heterocycles. The van der Waals surface area contributed by atoms with E-state index in [1.54, 1.807) is 0 Å². The maximum atomic E-state index is 13.1. The first-order chi connectivity index (χ1) is 14.0. The highest BCUT2D eigenvalue weighted by molar-refractivity contribution is 6.04. The van der Waals surface area contributed by atoms with Crippen molar-refractivity contribution in [3.05, 3.63) is 78.1 Å². The highest BCUT2D eigenvalue weighted by atomic mass is 19.4. The lowest BCUT2D eigenvalue weighted by Crippen LogP contribution is -2.17. The summed E-state index contributed by atoms with van der Waals surface area (Å²) in [5.74, 6) is -1.03. The van der Waals surface area contributed by atoms with Crippen LogP contribution in [0.25, 0.3) is 11.1 Å². The number of hydrogen-bond acceptors (Lipinski definition) is 3. The molecule has 1 aromatic heterocycles.